The lowest BCUT2D eigenvalue weighted by Crippen LogP contribution is -2.36. The molecular weight excluding hydrogens is 442 g/mol. The lowest BCUT2D eigenvalue weighted by molar-refractivity contribution is 0.0718. The monoisotopic (exact) mass is 465 g/mol. The molecule has 1 amide bonds. The molecule has 5 aromatic rings. The third kappa shape index (κ3) is 3.99. The van der Waals surface area contributed by atoms with Crippen molar-refractivity contribution in [3.8, 4) is 11.1 Å². The fourth-order valence-electron chi connectivity index (χ4n) is 4.48. The van der Waals surface area contributed by atoms with Crippen molar-refractivity contribution in [2.24, 2.45) is 0 Å². The van der Waals surface area contributed by atoms with Gasteiger partial charge >= 0.3 is 0 Å². The van der Waals surface area contributed by atoms with Crippen LogP contribution in [-0.2, 0) is 0 Å². The van der Waals surface area contributed by atoms with Crippen molar-refractivity contribution < 1.29 is 4.79 Å². The summed E-state index contributed by atoms with van der Waals surface area (Å²) < 4.78 is 1.17. The molecule has 6 nitrogen and oxygen atoms in total. The van der Waals surface area contributed by atoms with Crippen molar-refractivity contribution in [2.45, 2.75) is 19.3 Å². The summed E-state index contributed by atoms with van der Waals surface area (Å²) in [5.41, 5.74) is 8.23. The molecule has 168 valence electrons. The number of rotatable bonds is 4. The molecule has 0 saturated carbocycles. The van der Waals surface area contributed by atoms with Crippen LogP contribution in [0.4, 0.5) is 11.4 Å². The average molecular weight is 466 g/mol. The molecule has 0 aliphatic carbocycles. The fourth-order valence-corrected chi connectivity index (χ4v) is 5.13. The second kappa shape index (κ2) is 8.83. The smallest absolute Gasteiger partial charge is 0.272 e. The highest BCUT2D eigenvalue weighted by molar-refractivity contribution is 7.16. The van der Waals surface area contributed by atoms with Gasteiger partial charge in [0.15, 0.2) is 0 Å². The number of benzene rings is 2. The molecule has 1 aliphatic rings. The zero-order valence-electron chi connectivity index (χ0n) is 18.6. The number of nitrogens with one attached hydrogen (secondary N) is 1. The molecule has 1 N–H and O–H groups in total. The lowest BCUT2D eigenvalue weighted by Gasteiger charge is -2.26. The van der Waals surface area contributed by atoms with E-state index in [0.717, 1.165) is 64.9 Å². The first-order valence-electron chi connectivity index (χ1n) is 11.5. The highest BCUT2D eigenvalue weighted by Gasteiger charge is 2.19. The minimum absolute atomic E-state index is 0.0255. The maximum atomic E-state index is 12.7. The van der Waals surface area contributed by atoms with Crippen molar-refractivity contribution in [3.63, 3.8) is 0 Å². The first-order valence-corrected chi connectivity index (χ1v) is 12.4. The first kappa shape index (κ1) is 20.7. The van der Waals surface area contributed by atoms with E-state index in [1.807, 2.05) is 46.9 Å². The van der Waals surface area contributed by atoms with Gasteiger partial charge < -0.3 is 10.2 Å². The molecule has 0 bridgehead atoms. The predicted molar refractivity (Wildman–Crippen MR) is 138 cm³/mol. The van der Waals surface area contributed by atoms with Gasteiger partial charge in [0.05, 0.1) is 21.2 Å². The second-order valence-electron chi connectivity index (χ2n) is 8.54. The molecule has 7 heteroatoms. The highest BCUT2D eigenvalue weighted by atomic mass is 32.1. The van der Waals surface area contributed by atoms with Crippen molar-refractivity contribution in [1.82, 2.24) is 19.9 Å². The van der Waals surface area contributed by atoms with Crippen LogP contribution < -0.4 is 5.32 Å². The van der Waals surface area contributed by atoms with Gasteiger partial charge in [0.1, 0.15) is 5.69 Å². The number of aromatic nitrogens is 3. The van der Waals surface area contributed by atoms with Gasteiger partial charge in [-0.3, -0.25) is 14.8 Å². The third-order valence-electron chi connectivity index (χ3n) is 6.31. The van der Waals surface area contributed by atoms with Crippen LogP contribution in [0.25, 0.3) is 32.2 Å². The first-order chi connectivity index (χ1) is 16.7. The summed E-state index contributed by atoms with van der Waals surface area (Å²) in [7, 11) is 0. The van der Waals surface area contributed by atoms with Crippen LogP contribution in [0.3, 0.4) is 0 Å². The van der Waals surface area contributed by atoms with Gasteiger partial charge in [-0.25, -0.2) is 4.98 Å². The van der Waals surface area contributed by atoms with Crippen LogP contribution >= 0.6 is 11.3 Å². The summed E-state index contributed by atoms with van der Waals surface area (Å²) in [6.45, 7) is 1.65. The number of anilines is 2. The van der Waals surface area contributed by atoms with Gasteiger partial charge in [-0.1, -0.05) is 12.1 Å². The standard InChI is InChI=1S/C27H23N5OS/c33-27(32-12-2-1-3-13-32)24-8-5-19(16-29-24)18-4-7-22-21(14-18)23(10-11-28-22)31-20-6-9-26-25(15-20)30-17-34-26/h4-11,14-17H,1-3,12-13H2,(H,28,31). The minimum atomic E-state index is 0.0255. The van der Waals surface area contributed by atoms with Gasteiger partial charge in [0, 0.05) is 47.8 Å². The molecule has 2 aromatic carbocycles. The number of nitrogens with zero attached hydrogens (tertiary/aromatic N) is 4. The fraction of sp³-hybridized carbons (Fsp3) is 0.185. The van der Waals surface area contributed by atoms with E-state index in [4.69, 9.17) is 0 Å². The number of pyridine rings is 2. The Hall–Kier alpha value is -3.84. The normalized spacial score (nSPS) is 13.9. The molecule has 0 radical (unpaired) electrons. The SMILES string of the molecule is O=C(c1ccc(-c2ccc3nccc(Nc4ccc5scnc5c4)c3c2)cn1)N1CCCCC1. The number of amides is 1. The topological polar surface area (TPSA) is 71.0 Å². The van der Waals surface area contributed by atoms with E-state index in [-0.39, 0.29) is 5.91 Å². The molecule has 1 saturated heterocycles. The number of hydrogen-bond donors (Lipinski definition) is 1. The Bertz CT molecular complexity index is 1490. The Morgan fingerprint density at radius 1 is 0.853 bits per heavy atom. The number of carbonyl (C=O) groups excluding carboxylic acids is 1. The van der Waals surface area contributed by atoms with Gasteiger partial charge in [-0.15, -0.1) is 11.3 Å². The van der Waals surface area contributed by atoms with Crippen LogP contribution in [0.15, 0.2) is 72.5 Å². The summed E-state index contributed by atoms with van der Waals surface area (Å²) in [6, 6.07) is 18.2. The number of hydrogen-bond acceptors (Lipinski definition) is 6. The number of likely N-dealkylation sites (tertiary alicyclic amines) is 1. The van der Waals surface area contributed by atoms with Crippen LogP contribution in [0.2, 0.25) is 0 Å². The largest absolute Gasteiger partial charge is 0.355 e. The van der Waals surface area contributed by atoms with E-state index < -0.39 is 0 Å². The third-order valence-corrected chi connectivity index (χ3v) is 7.12. The molecule has 1 fully saturated rings. The summed E-state index contributed by atoms with van der Waals surface area (Å²) in [5, 5.41) is 4.55. The van der Waals surface area contributed by atoms with Crippen molar-refractivity contribution in [1.29, 1.82) is 0 Å². The summed E-state index contributed by atoms with van der Waals surface area (Å²) >= 11 is 1.64. The van der Waals surface area contributed by atoms with E-state index in [9.17, 15) is 4.79 Å². The van der Waals surface area contributed by atoms with Crippen LogP contribution in [0.5, 0.6) is 0 Å². The van der Waals surface area contributed by atoms with E-state index in [1.54, 1.807) is 17.5 Å². The van der Waals surface area contributed by atoms with Crippen molar-refractivity contribution in [3.05, 3.63) is 78.2 Å². The van der Waals surface area contributed by atoms with E-state index in [0.29, 0.717) is 5.69 Å². The predicted octanol–water partition coefficient (Wildman–Crippen LogP) is 6.28. The average Bonchev–Trinajstić information content (AvgIpc) is 3.37. The van der Waals surface area contributed by atoms with Crippen molar-refractivity contribution >= 4 is 49.7 Å². The maximum Gasteiger partial charge on any atom is 0.272 e. The highest BCUT2D eigenvalue weighted by Crippen LogP contribution is 2.31. The van der Waals surface area contributed by atoms with Crippen LogP contribution in [0.1, 0.15) is 29.8 Å². The maximum absolute atomic E-state index is 12.7. The Kier molecular flexibility index (Phi) is 5.39. The second-order valence-corrected chi connectivity index (χ2v) is 9.42. The Morgan fingerprint density at radius 3 is 2.59 bits per heavy atom. The molecule has 0 spiro atoms. The molecule has 4 heterocycles. The molecule has 3 aromatic heterocycles. The summed E-state index contributed by atoms with van der Waals surface area (Å²) in [5.74, 6) is 0.0255. The summed E-state index contributed by atoms with van der Waals surface area (Å²) in [6.07, 6.45) is 6.95. The van der Waals surface area contributed by atoms with Crippen LogP contribution in [0, 0.1) is 0 Å². The van der Waals surface area contributed by atoms with Crippen molar-refractivity contribution in [2.75, 3.05) is 18.4 Å². The van der Waals surface area contributed by atoms with Gasteiger partial charge in [0.25, 0.3) is 5.91 Å². The Morgan fingerprint density at radius 2 is 1.74 bits per heavy atom. The van der Waals surface area contributed by atoms with E-state index >= 15 is 0 Å². The van der Waals surface area contributed by atoms with E-state index in [1.165, 1.54) is 11.1 Å². The molecule has 0 atom stereocenters. The van der Waals surface area contributed by atoms with Gasteiger partial charge in [-0.2, -0.15) is 0 Å². The zero-order chi connectivity index (χ0) is 22.9. The quantitative estimate of drug-likeness (QED) is 0.338. The minimum Gasteiger partial charge on any atom is -0.355 e. The molecule has 1 aliphatic heterocycles. The lowest BCUT2D eigenvalue weighted by atomic mass is 10.0. The molecule has 0 unspecified atom stereocenters. The number of carbonyl (C=O) groups is 1. The zero-order valence-corrected chi connectivity index (χ0v) is 19.4. The molecule has 34 heavy (non-hydrogen) atoms. The van der Waals surface area contributed by atoms with Gasteiger partial charge in [-0.05, 0) is 67.3 Å². The number of piperidine rings is 1. The Balaban J connectivity index is 1.29. The van der Waals surface area contributed by atoms with Crippen LogP contribution in [-0.4, -0.2) is 38.8 Å². The Labute approximate surface area is 201 Å². The van der Waals surface area contributed by atoms with Gasteiger partial charge in [0.2, 0.25) is 0 Å². The number of thiazole rings is 1. The number of fused-ring (bicyclic) bond motifs is 2. The van der Waals surface area contributed by atoms with E-state index in [2.05, 4.69) is 44.5 Å². The molecule has 6 rings (SSSR count). The molecular formula is C27H23N5OS. The summed E-state index contributed by atoms with van der Waals surface area (Å²) in [4.78, 5) is 28.1.